The quantitative estimate of drug-likeness (QED) is 0.806. The molecule has 0 heterocycles. The fourth-order valence-corrected chi connectivity index (χ4v) is 2.34. The number of hydrogen-bond donors (Lipinski definition) is 2. The third-order valence-electron chi connectivity index (χ3n) is 3.05. The lowest BCUT2D eigenvalue weighted by Crippen LogP contribution is -2.30. The van der Waals surface area contributed by atoms with Gasteiger partial charge in [-0.15, -0.1) is 0 Å². The van der Waals surface area contributed by atoms with Crippen LogP contribution < -0.4 is 15.4 Å². The molecule has 1 aromatic rings. The van der Waals surface area contributed by atoms with Crippen LogP contribution in [0, 0.1) is 5.92 Å². The van der Waals surface area contributed by atoms with E-state index in [1.54, 1.807) is 0 Å². The molecule has 0 spiro atoms. The topological polar surface area (TPSA) is 50.4 Å². The number of amides is 1. The van der Waals surface area contributed by atoms with E-state index in [2.05, 4.69) is 26.6 Å². The molecule has 0 saturated heterocycles. The molecule has 0 bridgehead atoms. The van der Waals surface area contributed by atoms with Crippen LogP contribution in [-0.4, -0.2) is 26.1 Å². The van der Waals surface area contributed by atoms with Gasteiger partial charge in [0, 0.05) is 18.7 Å². The number of ether oxygens (including phenoxy) is 1. The second-order valence-corrected chi connectivity index (χ2v) is 5.65. The van der Waals surface area contributed by atoms with Crippen LogP contribution in [0.1, 0.15) is 18.4 Å². The maximum Gasteiger partial charge on any atom is 0.257 e. The minimum atomic E-state index is -0.0574. The molecule has 5 heteroatoms. The highest BCUT2D eigenvalue weighted by molar-refractivity contribution is 9.10. The van der Waals surface area contributed by atoms with Gasteiger partial charge in [-0.25, -0.2) is 0 Å². The van der Waals surface area contributed by atoms with Crippen molar-refractivity contribution in [2.75, 3.05) is 20.2 Å². The minimum Gasteiger partial charge on any atom is -0.482 e. The molecule has 1 aliphatic carbocycles. The Bertz CT molecular complexity index is 447. The number of rotatable bonds is 7. The summed E-state index contributed by atoms with van der Waals surface area (Å²) in [5, 5.41) is 5.98. The van der Waals surface area contributed by atoms with Crippen LogP contribution >= 0.6 is 15.9 Å². The largest absolute Gasteiger partial charge is 0.482 e. The Balaban J connectivity index is 1.88. The van der Waals surface area contributed by atoms with Gasteiger partial charge in [-0.05, 0) is 47.8 Å². The van der Waals surface area contributed by atoms with Gasteiger partial charge >= 0.3 is 0 Å². The Morgan fingerprint density at radius 1 is 1.47 bits per heavy atom. The van der Waals surface area contributed by atoms with Crippen LogP contribution in [0.4, 0.5) is 0 Å². The Labute approximate surface area is 122 Å². The molecule has 1 amide bonds. The van der Waals surface area contributed by atoms with Crippen LogP contribution in [0.5, 0.6) is 5.75 Å². The van der Waals surface area contributed by atoms with Gasteiger partial charge in [0.15, 0.2) is 6.61 Å². The summed E-state index contributed by atoms with van der Waals surface area (Å²) in [7, 11) is 1.88. The van der Waals surface area contributed by atoms with E-state index in [0.717, 1.165) is 22.3 Å². The van der Waals surface area contributed by atoms with Crippen molar-refractivity contribution >= 4 is 21.8 Å². The molecule has 0 unspecified atom stereocenters. The fourth-order valence-electron chi connectivity index (χ4n) is 1.81. The molecule has 0 radical (unpaired) electrons. The maximum atomic E-state index is 11.7. The molecule has 1 aromatic carbocycles. The lowest BCUT2D eigenvalue weighted by atomic mass is 10.2. The number of nitrogens with one attached hydrogen (secondary N) is 2. The monoisotopic (exact) mass is 326 g/mol. The van der Waals surface area contributed by atoms with Gasteiger partial charge in [-0.2, -0.15) is 0 Å². The summed E-state index contributed by atoms with van der Waals surface area (Å²) < 4.78 is 6.51. The predicted molar refractivity (Wildman–Crippen MR) is 78.1 cm³/mol. The van der Waals surface area contributed by atoms with Crippen LogP contribution in [0.15, 0.2) is 22.7 Å². The van der Waals surface area contributed by atoms with Crippen molar-refractivity contribution in [3.63, 3.8) is 0 Å². The summed E-state index contributed by atoms with van der Waals surface area (Å²) in [5.74, 6) is 1.36. The zero-order valence-electron chi connectivity index (χ0n) is 11.0. The first-order chi connectivity index (χ1) is 9.20. The smallest absolute Gasteiger partial charge is 0.257 e. The zero-order chi connectivity index (χ0) is 13.7. The van der Waals surface area contributed by atoms with Crippen molar-refractivity contribution in [3.8, 4) is 5.75 Å². The van der Waals surface area contributed by atoms with E-state index < -0.39 is 0 Å². The third kappa shape index (κ3) is 4.51. The van der Waals surface area contributed by atoms with E-state index in [1.807, 2.05) is 25.2 Å². The van der Waals surface area contributed by atoms with E-state index >= 15 is 0 Å². The SMILES string of the molecule is CNCc1cccc(Br)c1OCC(=O)NCC1CC1. The van der Waals surface area contributed by atoms with Crippen molar-refractivity contribution in [2.24, 2.45) is 5.92 Å². The highest BCUT2D eigenvalue weighted by Crippen LogP contribution is 2.29. The highest BCUT2D eigenvalue weighted by atomic mass is 79.9. The molecular weight excluding hydrogens is 308 g/mol. The first kappa shape index (κ1) is 14.3. The molecule has 1 fully saturated rings. The molecule has 104 valence electrons. The van der Waals surface area contributed by atoms with Gasteiger partial charge in [0.1, 0.15) is 5.75 Å². The molecular formula is C14H19BrN2O2. The molecule has 0 atom stereocenters. The molecule has 4 nitrogen and oxygen atoms in total. The normalized spacial score (nSPS) is 14.2. The average molecular weight is 327 g/mol. The van der Waals surface area contributed by atoms with E-state index in [0.29, 0.717) is 12.5 Å². The number of hydrogen-bond acceptors (Lipinski definition) is 3. The van der Waals surface area contributed by atoms with E-state index in [-0.39, 0.29) is 12.5 Å². The number of benzene rings is 1. The minimum absolute atomic E-state index is 0.0574. The van der Waals surface area contributed by atoms with Crippen LogP contribution in [0.2, 0.25) is 0 Å². The lowest BCUT2D eigenvalue weighted by Gasteiger charge is -2.13. The van der Waals surface area contributed by atoms with Crippen molar-refractivity contribution in [1.29, 1.82) is 0 Å². The Hall–Kier alpha value is -1.07. The van der Waals surface area contributed by atoms with E-state index in [9.17, 15) is 4.79 Å². The molecule has 2 rings (SSSR count). The molecule has 1 saturated carbocycles. The Morgan fingerprint density at radius 2 is 2.26 bits per heavy atom. The Kier molecular flexibility index (Phi) is 5.22. The summed E-state index contributed by atoms with van der Waals surface area (Å²) in [6.07, 6.45) is 2.47. The van der Waals surface area contributed by atoms with E-state index in [1.165, 1.54) is 12.8 Å². The maximum absolute atomic E-state index is 11.7. The van der Waals surface area contributed by atoms with Gasteiger partial charge in [0.2, 0.25) is 0 Å². The van der Waals surface area contributed by atoms with Crippen molar-refractivity contribution < 1.29 is 9.53 Å². The van der Waals surface area contributed by atoms with Gasteiger partial charge in [0.05, 0.1) is 4.47 Å². The average Bonchev–Trinajstić information content (AvgIpc) is 3.20. The van der Waals surface area contributed by atoms with Gasteiger partial charge < -0.3 is 15.4 Å². The fraction of sp³-hybridized carbons (Fsp3) is 0.500. The molecule has 19 heavy (non-hydrogen) atoms. The van der Waals surface area contributed by atoms with Crippen LogP contribution in [0.25, 0.3) is 0 Å². The number of carbonyl (C=O) groups is 1. The highest BCUT2D eigenvalue weighted by Gasteiger charge is 2.21. The third-order valence-corrected chi connectivity index (χ3v) is 3.67. The second-order valence-electron chi connectivity index (χ2n) is 4.79. The summed E-state index contributed by atoms with van der Waals surface area (Å²) in [5.41, 5.74) is 1.03. The number of para-hydroxylation sites is 1. The molecule has 0 aromatic heterocycles. The van der Waals surface area contributed by atoms with Crippen molar-refractivity contribution in [2.45, 2.75) is 19.4 Å². The van der Waals surface area contributed by atoms with Crippen LogP contribution in [-0.2, 0) is 11.3 Å². The summed E-state index contributed by atoms with van der Waals surface area (Å²) in [4.78, 5) is 11.7. The Morgan fingerprint density at radius 3 is 2.95 bits per heavy atom. The molecule has 2 N–H and O–H groups in total. The van der Waals surface area contributed by atoms with E-state index in [4.69, 9.17) is 4.74 Å². The lowest BCUT2D eigenvalue weighted by molar-refractivity contribution is -0.123. The van der Waals surface area contributed by atoms with Gasteiger partial charge in [0.25, 0.3) is 5.91 Å². The summed E-state index contributed by atoms with van der Waals surface area (Å²) >= 11 is 3.45. The summed E-state index contributed by atoms with van der Waals surface area (Å²) in [6.45, 7) is 1.55. The summed E-state index contributed by atoms with van der Waals surface area (Å²) in [6, 6.07) is 5.85. The number of halogens is 1. The first-order valence-corrected chi connectivity index (χ1v) is 7.31. The molecule has 1 aliphatic rings. The van der Waals surface area contributed by atoms with Crippen molar-refractivity contribution in [3.05, 3.63) is 28.2 Å². The number of carbonyl (C=O) groups excluding carboxylic acids is 1. The van der Waals surface area contributed by atoms with Crippen molar-refractivity contribution in [1.82, 2.24) is 10.6 Å². The molecule has 0 aliphatic heterocycles. The van der Waals surface area contributed by atoms with Crippen LogP contribution in [0.3, 0.4) is 0 Å². The van der Waals surface area contributed by atoms with Gasteiger partial charge in [-0.3, -0.25) is 4.79 Å². The van der Waals surface area contributed by atoms with Gasteiger partial charge in [-0.1, -0.05) is 12.1 Å². The first-order valence-electron chi connectivity index (χ1n) is 6.52. The zero-order valence-corrected chi connectivity index (χ0v) is 12.6. The second kappa shape index (κ2) is 6.91. The predicted octanol–water partition coefficient (Wildman–Crippen LogP) is 2.07. The standard InChI is InChI=1S/C14H19BrN2O2/c1-16-8-11-3-2-4-12(15)14(11)19-9-13(18)17-7-10-5-6-10/h2-4,10,16H,5-9H2,1H3,(H,17,18).